The van der Waals surface area contributed by atoms with Crippen LogP contribution in [0.3, 0.4) is 0 Å². The monoisotopic (exact) mass is 213 g/mol. The van der Waals surface area contributed by atoms with E-state index in [1.165, 1.54) is 0 Å². The van der Waals surface area contributed by atoms with Crippen molar-refractivity contribution in [3.63, 3.8) is 0 Å². The normalized spacial score (nSPS) is 9.00. The molecule has 11 heavy (non-hydrogen) atoms. The average Bonchev–Trinajstić information content (AvgIpc) is 2.32. The molecule has 58 valence electrons. The zero-order chi connectivity index (χ0) is 8.27. The van der Waals surface area contributed by atoms with E-state index in [-0.39, 0.29) is 0 Å². The molecule has 0 aliphatic carbocycles. The van der Waals surface area contributed by atoms with E-state index in [4.69, 9.17) is 5.73 Å². The Bertz CT molecular complexity index is 305. The number of nitrogens with two attached hydrogens (primary N) is 1. The van der Waals surface area contributed by atoms with Crippen LogP contribution in [0.5, 0.6) is 0 Å². The van der Waals surface area contributed by atoms with E-state index in [0.29, 0.717) is 6.54 Å². The molecule has 0 aliphatic heterocycles. The maximum Gasteiger partial charge on any atom is 0.0916 e. The molecule has 1 aromatic rings. The largest absolute Gasteiger partial charge is 0.325 e. The molecule has 1 aromatic heterocycles. The molecule has 1 heterocycles. The maximum absolute atomic E-state index is 5.44. The Morgan fingerprint density at radius 1 is 1.82 bits per heavy atom. The second-order valence-electron chi connectivity index (χ2n) is 2.09. The molecule has 0 amide bonds. The van der Waals surface area contributed by atoms with Gasteiger partial charge in [-0.05, 0) is 4.83 Å². The highest BCUT2D eigenvalue weighted by Gasteiger charge is 2.01. The maximum atomic E-state index is 5.44. The predicted octanol–water partition coefficient (Wildman–Crippen LogP) is 0.583. The first-order valence-electron chi connectivity index (χ1n) is 3.12. The van der Waals surface area contributed by atoms with Crippen LogP contribution in [-0.2, 0) is 13.6 Å². The number of aromatic nitrogens is 2. The third kappa shape index (κ3) is 1.82. The van der Waals surface area contributed by atoms with E-state index in [1.807, 2.05) is 13.2 Å². The van der Waals surface area contributed by atoms with Crippen molar-refractivity contribution in [2.24, 2.45) is 12.8 Å². The molecule has 0 bridgehead atoms. The molecular weight excluding hydrogens is 206 g/mol. The number of halogens is 1. The van der Waals surface area contributed by atoms with Gasteiger partial charge in [0.1, 0.15) is 0 Å². The summed E-state index contributed by atoms with van der Waals surface area (Å²) in [5, 5.41) is 4.12. The van der Waals surface area contributed by atoms with Crippen LogP contribution < -0.4 is 5.73 Å². The van der Waals surface area contributed by atoms with Crippen molar-refractivity contribution in [1.29, 1.82) is 0 Å². The summed E-state index contributed by atoms with van der Waals surface area (Å²) in [6, 6.07) is 0. The van der Waals surface area contributed by atoms with Gasteiger partial charge in [0.15, 0.2) is 0 Å². The van der Waals surface area contributed by atoms with Crippen molar-refractivity contribution in [1.82, 2.24) is 9.78 Å². The minimum Gasteiger partial charge on any atom is -0.325 e. The number of rotatable bonds is 1. The van der Waals surface area contributed by atoms with Crippen LogP contribution in [0.25, 0.3) is 0 Å². The van der Waals surface area contributed by atoms with E-state index in [0.717, 1.165) is 11.3 Å². The van der Waals surface area contributed by atoms with Crippen molar-refractivity contribution >= 4 is 15.9 Å². The second kappa shape index (κ2) is 3.56. The van der Waals surface area contributed by atoms with Crippen LogP contribution in [0.4, 0.5) is 0 Å². The smallest absolute Gasteiger partial charge is 0.0916 e. The lowest BCUT2D eigenvalue weighted by Gasteiger charge is -1.86. The van der Waals surface area contributed by atoms with Gasteiger partial charge in [0.2, 0.25) is 0 Å². The first-order chi connectivity index (χ1) is 5.27. The standard InChI is InChI=1S/C7H8BrN3/c1-11-5-6(2-3-8)7(4-9)10-11/h5H,4,9H2,1H3. The Kier molecular flexibility index (Phi) is 2.69. The first-order valence-corrected chi connectivity index (χ1v) is 3.91. The summed E-state index contributed by atoms with van der Waals surface area (Å²) in [7, 11) is 1.85. The van der Waals surface area contributed by atoms with Crippen LogP contribution in [0.2, 0.25) is 0 Å². The molecule has 3 nitrogen and oxygen atoms in total. The Morgan fingerprint density at radius 2 is 2.55 bits per heavy atom. The van der Waals surface area contributed by atoms with Gasteiger partial charge in [-0.25, -0.2) is 0 Å². The Hall–Kier alpha value is -0.790. The average molecular weight is 214 g/mol. The topological polar surface area (TPSA) is 43.8 Å². The van der Waals surface area contributed by atoms with Gasteiger partial charge in [-0.3, -0.25) is 4.68 Å². The number of hydrogen-bond acceptors (Lipinski definition) is 2. The predicted molar refractivity (Wildman–Crippen MR) is 46.9 cm³/mol. The highest BCUT2D eigenvalue weighted by molar-refractivity contribution is 9.12. The third-order valence-electron chi connectivity index (χ3n) is 1.28. The lowest BCUT2D eigenvalue weighted by molar-refractivity contribution is 0.742. The van der Waals surface area contributed by atoms with Crippen LogP contribution in [-0.4, -0.2) is 9.78 Å². The summed E-state index contributed by atoms with van der Waals surface area (Å²) in [6.45, 7) is 0.428. The fourth-order valence-corrected chi connectivity index (χ4v) is 1.05. The molecule has 2 N–H and O–H groups in total. The lowest BCUT2D eigenvalue weighted by atomic mass is 10.3. The number of hydrogen-bond donors (Lipinski definition) is 1. The van der Waals surface area contributed by atoms with Gasteiger partial charge in [-0.2, -0.15) is 5.10 Å². The van der Waals surface area contributed by atoms with Gasteiger partial charge in [-0.1, -0.05) is 5.92 Å². The molecule has 0 aliphatic rings. The fraction of sp³-hybridized carbons (Fsp3) is 0.286. The Balaban J connectivity index is 3.08. The molecule has 0 saturated carbocycles. The molecule has 1 rings (SSSR count). The van der Waals surface area contributed by atoms with E-state index in [9.17, 15) is 0 Å². The molecule has 0 aromatic carbocycles. The summed E-state index contributed by atoms with van der Waals surface area (Å²) in [5.74, 6) is 2.85. The van der Waals surface area contributed by atoms with Crippen LogP contribution in [0.1, 0.15) is 11.3 Å². The zero-order valence-electron chi connectivity index (χ0n) is 6.13. The number of aryl methyl sites for hydroxylation is 1. The summed E-state index contributed by atoms with van der Waals surface area (Å²) >= 11 is 3.02. The summed E-state index contributed by atoms with van der Waals surface area (Å²) in [5.41, 5.74) is 7.15. The van der Waals surface area contributed by atoms with Crippen molar-refractivity contribution in [3.8, 4) is 10.8 Å². The third-order valence-corrected chi connectivity index (χ3v) is 1.48. The van der Waals surface area contributed by atoms with Crippen molar-refractivity contribution in [2.75, 3.05) is 0 Å². The van der Waals surface area contributed by atoms with Gasteiger partial charge in [0, 0.05) is 35.7 Å². The molecule has 0 saturated heterocycles. The van der Waals surface area contributed by atoms with Crippen molar-refractivity contribution < 1.29 is 0 Å². The summed E-state index contributed by atoms with van der Waals surface area (Å²) in [4.78, 5) is 2.63. The molecule has 0 fully saturated rings. The molecule has 0 atom stereocenters. The lowest BCUT2D eigenvalue weighted by Crippen LogP contribution is -1.99. The van der Waals surface area contributed by atoms with E-state index in [2.05, 4.69) is 31.8 Å². The summed E-state index contributed by atoms with van der Waals surface area (Å²) < 4.78 is 1.70. The zero-order valence-corrected chi connectivity index (χ0v) is 7.72. The minimum absolute atomic E-state index is 0.428. The molecule has 0 unspecified atom stereocenters. The second-order valence-corrected chi connectivity index (χ2v) is 2.48. The van der Waals surface area contributed by atoms with Gasteiger partial charge in [-0.15, -0.1) is 0 Å². The van der Waals surface area contributed by atoms with E-state index in [1.54, 1.807) is 4.68 Å². The van der Waals surface area contributed by atoms with Crippen LogP contribution in [0, 0.1) is 10.8 Å². The van der Waals surface area contributed by atoms with Gasteiger partial charge < -0.3 is 5.73 Å². The molecular formula is C7H8BrN3. The summed E-state index contributed by atoms with van der Waals surface area (Å²) in [6.07, 6.45) is 1.84. The van der Waals surface area contributed by atoms with Crippen molar-refractivity contribution in [3.05, 3.63) is 17.5 Å². The van der Waals surface area contributed by atoms with E-state index < -0.39 is 0 Å². The molecule has 0 radical (unpaired) electrons. The van der Waals surface area contributed by atoms with E-state index >= 15 is 0 Å². The van der Waals surface area contributed by atoms with Crippen molar-refractivity contribution in [2.45, 2.75) is 6.54 Å². The SMILES string of the molecule is Cn1cc(C#CBr)c(CN)n1. The van der Waals surface area contributed by atoms with Crippen LogP contribution >= 0.6 is 15.9 Å². The first kappa shape index (κ1) is 8.31. The highest BCUT2D eigenvalue weighted by atomic mass is 79.9. The quantitative estimate of drug-likeness (QED) is 0.695. The minimum atomic E-state index is 0.428. The van der Waals surface area contributed by atoms with Crippen LogP contribution in [0.15, 0.2) is 6.20 Å². The van der Waals surface area contributed by atoms with Gasteiger partial charge in [0.05, 0.1) is 11.3 Å². The van der Waals surface area contributed by atoms with Gasteiger partial charge >= 0.3 is 0 Å². The molecule has 4 heteroatoms. The number of nitrogens with zero attached hydrogens (tertiary/aromatic N) is 2. The molecule has 0 spiro atoms. The Labute approximate surface area is 73.7 Å². The highest BCUT2D eigenvalue weighted by Crippen LogP contribution is 2.02. The Morgan fingerprint density at radius 3 is 3.09 bits per heavy atom. The fourth-order valence-electron chi connectivity index (χ4n) is 0.841. The van der Waals surface area contributed by atoms with Gasteiger partial charge in [0.25, 0.3) is 0 Å².